The molecule has 0 aromatic heterocycles. The molecule has 3 aromatic rings. The summed E-state index contributed by atoms with van der Waals surface area (Å²) in [4.78, 5) is 28.2. The number of nitrogens with zero attached hydrogens (tertiary/aromatic N) is 1. The standard InChI is InChI=1S/C30H31NO4/c1-6-21-8-11-22(12-9-21)27-26(28(32)23-10-7-19(4)20(5)17-23)29(33)30(34)31(27)24-13-15-25(16-14-24)35-18(2)3/h7-18,27,32H,6H2,1-5H3/b28-26-. The van der Waals surface area contributed by atoms with E-state index < -0.39 is 17.7 Å². The highest BCUT2D eigenvalue weighted by Gasteiger charge is 2.47. The van der Waals surface area contributed by atoms with Crippen LogP contribution in [0.2, 0.25) is 0 Å². The van der Waals surface area contributed by atoms with Crippen molar-refractivity contribution in [2.45, 2.75) is 53.2 Å². The van der Waals surface area contributed by atoms with Crippen LogP contribution in [0.3, 0.4) is 0 Å². The fraction of sp³-hybridized carbons (Fsp3) is 0.267. The molecule has 4 rings (SSSR count). The number of aliphatic hydroxyl groups is 1. The third kappa shape index (κ3) is 4.72. The number of carbonyl (C=O) groups is 2. The molecule has 1 amide bonds. The van der Waals surface area contributed by atoms with Gasteiger partial charge in [0.1, 0.15) is 11.5 Å². The van der Waals surface area contributed by atoms with E-state index >= 15 is 0 Å². The van der Waals surface area contributed by atoms with Crippen molar-refractivity contribution < 1.29 is 19.4 Å². The lowest BCUT2D eigenvalue weighted by atomic mass is 9.93. The number of rotatable bonds is 6. The van der Waals surface area contributed by atoms with Crippen LogP contribution in [0.5, 0.6) is 5.75 Å². The third-order valence-electron chi connectivity index (χ3n) is 6.42. The first kappa shape index (κ1) is 24.3. The molecule has 0 saturated carbocycles. The molecule has 1 aliphatic heterocycles. The predicted octanol–water partition coefficient (Wildman–Crippen LogP) is 6.28. The molecular weight excluding hydrogens is 438 g/mol. The Labute approximate surface area is 206 Å². The zero-order valence-electron chi connectivity index (χ0n) is 20.8. The van der Waals surface area contributed by atoms with E-state index in [0.29, 0.717) is 17.0 Å². The Morgan fingerprint density at radius 3 is 2.17 bits per heavy atom. The number of benzene rings is 3. The van der Waals surface area contributed by atoms with Crippen LogP contribution in [0.15, 0.2) is 72.3 Å². The molecule has 0 radical (unpaired) electrons. The van der Waals surface area contributed by atoms with Gasteiger partial charge in [0.15, 0.2) is 0 Å². The zero-order valence-corrected chi connectivity index (χ0v) is 20.8. The average Bonchev–Trinajstić information content (AvgIpc) is 3.11. The number of hydrogen-bond acceptors (Lipinski definition) is 4. The van der Waals surface area contributed by atoms with Crippen LogP contribution in [-0.2, 0) is 16.0 Å². The number of hydrogen-bond donors (Lipinski definition) is 1. The highest BCUT2D eigenvalue weighted by Crippen LogP contribution is 2.42. The van der Waals surface area contributed by atoms with Crippen molar-refractivity contribution >= 4 is 23.1 Å². The van der Waals surface area contributed by atoms with E-state index in [4.69, 9.17) is 4.74 Å². The van der Waals surface area contributed by atoms with Gasteiger partial charge in [0.25, 0.3) is 11.7 Å². The molecule has 5 nitrogen and oxygen atoms in total. The minimum absolute atomic E-state index is 0.0186. The largest absolute Gasteiger partial charge is 0.507 e. The maximum atomic E-state index is 13.3. The molecular formula is C30H31NO4. The summed E-state index contributed by atoms with van der Waals surface area (Å²) in [6.45, 7) is 9.90. The number of amides is 1. The van der Waals surface area contributed by atoms with E-state index in [1.54, 1.807) is 30.3 Å². The maximum Gasteiger partial charge on any atom is 0.300 e. The number of anilines is 1. The van der Waals surface area contributed by atoms with E-state index in [-0.39, 0.29) is 17.4 Å². The zero-order chi connectivity index (χ0) is 25.3. The number of Topliss-reactive ketones (excluding diaryl/α,β-unsaturated/α-hetero) is 1. The maximum absolute atomic E-state index is 13.3. The smallest absolute Gasteiger partial charge is 0.300 e. The second kappa shape index (κ2) is 9.79. The van der Waals surface area contributed by atoms with Crippen molar-refractivity contribution in [3.05, 3.63) is 100 Å². The fourth-order valence-electron chi connectivity index (χ4n) is 4.35. The predicted molar refractivity (Wildman–Crippen MR) is 139 cm³/mol. The first-order valence-corrected chi connectivity index (χ1v) is 12.0. The highest BCUT2D eigenvalue weighted by molar-refractivity contribution is 6.51. The van der Waals surface area contributed by atoms with Crippen LogP contribution >= 0.6 is 0 Å². The number of ether oxygens (including phenoxy) is 1. The fourth-order valence-corrected chi connectivity index (χ4v) is 4.35. The Morgan fingerprint density at radius 2 is 1.60 bits per heavy atom. The molecule has 35 heavy (non-hydrogen) atoms. The average molecular weight is 470 g/mol. The lowest BCUT2D eigenvalue weighted by molar-refractivity contribution is -0.132. The summed E-state index contributed by atoms with van der Waals surface area (Å²) in [5.41, 5.74) is 5.15. The van der Waals surface area contributed by atoms with Gasteiger partial charge in [0, 0.05) is 11.3 Å². The lowest BCUT2D eigenvalue weighted by Crippen LogP contribution is -2.29. The summed E-state index contributed by atoms with van der Waals surface area (Å²) in [6, 6.07) is 19.7. The summed E-state index contributed by atoms with van der Waals surface area (Å²) in [7, 11) is 0. The first-order chi connectivity index (χ1) is 16.7. The quantitative estimate of drug-likeness (QED) is 0.262. The number of carbonyl (C=O) groups excluding carboxylic acids is 2. The summed E-state index contributed by atoms with van der Waals surface area (Å²) in [5.74, 6) is -0.858. The molecule has 1 unspecified atom stereocenters. The third-order valence-corrected chi connectivity index (χ3v) is 6.42. The van der Waals surface area contributed by atoms with Crippen molar-refractivity contribution in [3.63, 3.8) is 0 Å². The number of ketones is 1. The van der Waals surface area contributed by atoms with Gasteiger partial charge < -0.3 is 9.84 Å². The Kier molecular flexibility index (Phi) is 6.79. The second-order valence-electron chi connectivity index (χ2n) is 9.22. The second-order valence-corrected chi connectivity index (χ2v) is 9.22. The minimum Gasteiger partial charge on any atom is -0.507 e. The summed E-state index contributed by atoms with van der Waals surface area (Å²) >= 11 is 0. The molecule has 1 N–H and O–H groups in total. The lowest BCUT2D eigenvalue weighted by Gasteiger charge is -2.26. The van der Waals surface area contributed by atoms with Crippen molar-refractivity contribution in [1.82, 2.24) is 0 Å². The molecule has 1 heterocycles. The van der Waals surface area contributed by atoms with Crippen LogP contribution in [0.1, 0.15) is 54.6 Å². The van der Waals surface area contributed by atoms with Crippen LogP contribution in [-0.4, -0.2) is 22.9 Å². The van der Waals surface area contributed by atoms with Crippen LogP contribution in [0.25, 0.3) is 5.76 Å². The van der Waals surface area contributed by atoms with E-state index in [1.165, 1.54) is 4.90 Å². The van der Waals surface area contributed by atoms with Crippen LogP contribution < -0.4 is 9.64 Å². The van der Waals surface area contributed by atoms with Gasteiger partial charge in [-0.05, 0) is 86.7 Å². The molecule has 180 valence electrons. The molecule has 1 saturated heterocycles. The van der Waals surface area contributed by atoms with Gasteiger partial charge in [0.05, 0.1) is 17.7 Å². The molecule has 3 aromatic carbocycles. The Morgan fingerprint density at radius 1 is 0.943 bits per heavy atom. The van der Waals surface area contributed by atoms with Gasteiger partial charge in [-0.15, -0.1) is 0 Å². The van der Waals surface area contributed by atoms with Crippen molar-refractivity contribution in [1.29, 1.82) is 0 Å². The number of aryl methyl sites for hydroxylation is 3. The van der Waals surface area contributed by atoms with Gasteiger partial charge in [-0.25, -0.2) is 0 Å². The van der Waals surface area contributed by atoms with Gasteiger partial charge in [-0.3, -0.25) is 14.5 Å². The molecule has 1 aliphatic rings. The van der Waals surface area contributed by atoms with Gasteiger partial charge in [0.2, 0.25) is 0 Å². The molecule has 0 aliphatic carbocycles. The van der Waals surface area contributed by atoms with Gasteiger partial charge >= 0.3 is 0 Å². The summed E-state index contributed by atoms with van der Waals surface area (Å²) in [5, 5.41) is 11.3. The molecule has 0 spiro atoms. The van der Waals surface area contributed by atoms with Gasteiger partial charge in [-0.1, -0.05) is 43.3 Å². The van der Waals surface area contributed by atoms with Crippen LogP contribution in [0, 0.1) is 13.8 Å². The Balaban J connectivity index is 1.87. The minimum atomic E-state index is -0.751. The normalized spacial score (nSPS) is 17.3. The van der Waals surface area contributed by atoms with E-state index in [1.807, 2.05) is 64.1 Å². The Bertz CT molecular complexity index is 1290. The molecule has 1 atom stereocenters. The monoisotopic (exact) mass is 469 g/mol. The SMILES string of the molecule is CCc1ccc(C2/C(=C(/O)c3ccc(C)c(C)c3)C(=O)C(=O)N2c2ccc(OC(C)C)cc2)cc1. The summed E-state index contributed by atoms with van der Waals surface area (Å²) < 4.78 is 5.74. The molecule has 0 bridgehead atoms. The van der Waals surface area contributed by atoms with Crippen molar-refractivity contribution in [2.24, 2.45) is 0 Å². The van der Waals surface area contributed by atoms with E-state index in [9.17, 15) is 14.7 Å². The van der Waals surface area contributed by atoms with E-state index in [2.05, 4.69) is 6.92 Å². The summed E-state index contributed by atoms with van der Waals surface area (Å²) in [6.07, 6.45) is 0.894. The van der Waals surface area contributed by atoms with Gasteiger partial charge in [-0.2, -0.15) is 0 Å². The Hall–Kier alpha value is -3.86. The van der Waals surface area contributed by atoms with E-state index in [0.717, 1.165) is 28.7 Å². The molecule has 1 fully saturated rings. The van der Waals surface area contributed by atoms with Crippen LogP contribution in [0.4, 0.5) is 5.69 Å². The molecule has 5 heteroatoms. The highest BCUT2D eigenvalue weighted by atomic mass is 16.5. The van der Waals surface area contributed by atoms with Crippen molar-refractivity contribution in [3.8, 4) is 5.75 Å². The topological polar surface area (TPSA) is 66.8 Å². The van der Waals surface area contributed by atoms with Crippen molar-refractivity contribution in [2.75, 3.05) is 4.90 Å². The first-order valence-electron chi connectivity index (χ1n) is 12.0. The number of aliphatic hydroxyl groups excluding tert-OH is 1.